The largest absolute Gasteiger partial charge is 0.355 e. The third-order valence-corrected chi connectivity index (χ3v) is 4.79. The summed E-state index contributed by atoms with van der Waals surface area (Å²) in [5, 5.41) is 5.61. The van der Waals surface area contributed by atoms with Crippen LogP contribution in [0.4, 0.5) is 0 Å². The molecule has 1 atom stereocenters. The van der Waals surface area contributed by atoms with E-state index in [1.165, 1.54) is 11.1 Å². The van der Waals surface area contributed by atoms with Gasteiger partial charge in [-0.05, 0) is 35.6 Å². The monoisotopic (exact) mass is 382 g/mol. The molecule has 0 aliphatic rings. The quantitative estimate of drug-likeness (QED) is 0.616. The number of likely N-dealkylation sites (N-methyl/N-ethyl adjacent to an activating group) is 1. The second-order valence-corrected chi connectivity index (χ2v) is 7.58. The zero-order chi connectivity index (χ0) is 20.5. The molecule has 0 bridgehead atoms. The van der Waals surface area contributed by atoms with Crippen molar-refractivity contribution in [2.75, 3.05) is 27.2 Å². The Kier molecular flexibility index (Phi) is 8.20. The van der Waals surface area contributed by atoms with Crippen LogP contribution in [-0.2, 0) is 17.8 Å². The molecular formula is C23H32N3O2+. The number of benzene rings is 2. The topological polar surface area (TPSA) is 62.6 Å². The number of quaternary nitrogens is 1. The Bertz CT molecular complexity index is 767. The second-order valence-electron chi connectivity index (χ2n) is 7.58. The van der Waals surface area contributed by atoms with E-state index in [0.717, 1.165) is 23.4 Å². The van der Waals surface area contributed by atoms with E-state index in [-0.39, 0.29) is 11.8 Å². The molecule has 2 aromatic carbocycles. The van der Waals surface area contributed by atoms with Gasteiger partial charge < -0.3 is 15.5 Å². The molecule has 0 fully saturated rings. The van der Waals surface area contributed by atoms with E-state index in [4.69, 9.17) is 0 Å². The maximum Gasteiger partial charge on any atom is 0.275 e. The van der Waals surface area contributed by atoms with Crippen molar-refractivity contribution in [1.82, 2.24) is 10.6 Å². The van der Waals surface area contributed by atoms with Crippen molar-refractivity contribution in [1.29, 1.82) is 0 Å². The number of rotatable bonds is 9. The van der Waals surface area contributed by atoms with Gasteiger partial charge >= 0.3 is 0 Å². The Morgan fingerprint density at radius 3 is 2.14 bits per heavy atom. The van der Waals surface area contributed by atoms with Crippen molar-refractivity contribution >= 4 is 11.8 Å². The molecule has 0 aliphatic carbocycles. The number of nitrogens with one attached hydrogen (secondary N) is 3. The predicted molar refractivity (Wildman–Crippen MR) is 113 cm³/mol. The second kappa shape index (κ2) is 10.6. The van der Waals surface area contributed by atoms with Gasteiger partial charge in [-0.25, -0.2) is 0 Å². The minimum Gasteiger partial charge on any atom is -0.355 e. The zero-order valence-corrected chi connectivity index (χ0v) is 17.3. The lowest BCUT2D eigenvalue weighted by Gasteiger charge is -2.14. The van der Waals surface area contributed by atoms with Crippen LogP contribution in [0.5, 0.6) is 0 Å². The van der Waals surface area contributed by atoms with Crippen LogP contribution in [0.3, 0.4) is 0 Å². The number of carbonyl (C=O) groups is 2. The molecule has 1 unspecified atom stereocenters. The van der Waals surface area contributed by atoms with Crippen LogP contribution < -0.4 is 15.5 Å². The summed E-state index contributed by atoms with van der Waals surface area (Å²) in [4.78, 5) is 24.9. The van der Waals surface area contributed by atoms with E-state index < -0.39 is 0 Å². The van der Waals surface area contributed by atoms with Crippen molar-refractivity contribution in [3.05, 3.63) is 70.8 Å². The van der Waals surface area contributed by atoms with Crippen LogP contribution in [0.1, 0.15) is 46.8 Å². The van der Waals surface area contributed by atoms with E-state index in [2.05, 4.69) is 48.7 Å². The van der Waals surface area contributed by atoms with Gasteiger partial charge in [-0.15, -0.1) is 0 Å². The van der Waals surface area contributed by atoms with Gasteiger partial charge in [0.05, 0.1) is 7.05 Å². The Morgan fingerprint density at radius 2 is 1.57 bits per heavy atom. The van der Waals surface area contributed by atoms with Gasteiger partial charge in [0, 0.05) is 24.7 Å². The highest BCUT2D eigenvalue weighted by Crippen LogP contribution is 2.14. The molecule has 0 spiro atoms. The lowest BCUT2D eigenvalue weighted by Crippen LogP contribution is -3.08. The molecule has 0 saturated carbocycles. The number of carbonyl (C=O) groups excluding carboxylic acids is 2. The van der Waals surface area contributed by atoms with Gasteiger partial charge in [-0.1, -0.05) is 50.2 Å². The normalized spacial score (nSPS) is 11.9. The molecule has 0 saturated heterocycles. The van der Waals surface area contributed by atoms with E-state index in [1.54, 1.807) is 7.05 Å². The molecule has 150 valence electrons. The summed E-state index contributed by atoms with van der Waals surface area (Å²) in [6, 6.07) is 16.1. The average molecular weight is 383 g/mol. The van der Waals surface area contributed by atoms with Crippen LogP contribution in [0.15, 0.2) is 48.5 Å². The molecule has 2 rings (SSSR count). The number of hydrogen-bond donors (Lipinski definition) is 3. The minimum absolute atomic E-state index is 0.0540. The molecule has 0 aromatic heterocycles. The van der Waals surface area contributed by atoms with Crippen LogP contribution in [0.25, 0.3) is 0 Å². The first kappa shape index (κ1) is 21.6. The highest BCUT2D eigenvalue weighted by molar-refractivity contribution is 5.93. The molecule has 3 N–H and O–H groups in total. The molecule has 5 nitrogen and oxygen atoms in total. The molecular weight excluding hydrogens is 350 g/mol. The summed E-state index contributed by atoms with van der Waals surface area (Å²) in [6.07, 6.45) is 0.837. The first-order valence-electron chi connectivity index (χ1n) is 9.87. The highest BCUT2D eigenvalue weighted by atomic mass is 16.2. The SMILES string of the molecule is CNC(=O)c1ccc(C[NH+](C)CC(=O)NCCc2ccc(C(C)C)cc2)cc1. The first-order valence-corrected chi connectivity index (χ1v) is 9.87. The molecule has 28 heavy (non-hydrogen) atoms. The summed E-state index contributed by atoms with van der Waals surface area (Å²) in [7, 11) is 3.62. The summed E-state index contributed by atoms with van der Waals surface area (Å²) in [6.45, 7) is 6.17. The summed E-state index contributed by atoms with van der Waals surface area (Å²) < 4.78 is 0. The van der Waals surface area contributed by atoms with Crippen LogP contribution in [-0.4, -0.2) is 39.0 Å². The maximum atomic E-state index is 12.2. The van der Waals surface area contributed by atoms with Crippen molar-refractivity contribution in [3.63, 3.8) is 0 Å². The summed E-state index contributed by atoms with van der Waals surface area (Å²) >= 11 is 0. The highest BCUT2D eigenvalue weighted by Gasteiger charge is 2.11. The Hall–Kier alpha value is -2.66. The Morgan fingerprint density at radius 1 is 0.964 bits per heavy atom. The fourth-order valence-corrected chi connectivity index (χ4v) is 3.08. The van der Waals surface area contributed by atoms with Crippen LogP contribution in [0.2, 0.25) is 0 Å². The molecule has 5 heteroatoms. The maximum absolute atomic E-state index is 12.2. The predicted octanol–water partition coefficient (Wildman–Crippen LogP) is 1.54. The molecule has 2 aromatic rings. The standard InChI is InChI=1S/C23H31N3O2/c1-17(2)20-9-5-18(6-10-20)13-14-25-22(27)16-26(4)15-19-7-11-21(12-8-19)23(28)24-3/h5-12,17H,13-16H2,1-4H3,(H,24,28)(H,25,27)/p+1. The lowest BCUT2D eigenvalue weighted by atomic mass is 10.0. The summed E-state index contributed by atoms with van der Waals surface area (Å²) in [5.74, 6) is 0.496. The zero-order valence-electron chi connectivity index (χ0n) is 17.3. The minimum atomic E-state index is -0.0922. The molecule has 0 heterocycles. The first-order chi connectivity index (χ1) is 13.4. The van der Waals surface area contributed by atoms with Gasteiger partial charge in [0.25, 0.3) is 11.8 Å². The van der Waals surface area contributed by atoms with Gasteiger partial charge in [-0.2, -0.15) is 0 Å². The fourth-order valence-electron chi connectivity index (χ4n) is 3.08. The Labute approximate surface area is 168 Å². The van der Waals surface area contributed by atoms with Crippen molar-refractivity contribution in [2.24, 2.45) is 0 Å². The summed E-state index contributed by atoms with van der Waals surface area (Å²) in [5.41, 5.74) is 4.31. The van der Waals surface area contributed by atoms with E-state index in [1.807, 2.05) is 31.3 Å². The fraction of sp³-hybridized carbons (Fsp3) is 0.391. The van der Waals surface area contributed by atoms with E-state index >= 15 is 0 Å². The van der Waals surface area contributed by atoms with Crippen molar-refractivity contribution in [2.45, 2.75) is 32.7 Å². The molecule has 0 radical (unpaired) electrons. The molecule has 2 amide bonds. The average Bonchev–Trinajstić information content (AvgIpc) is 2.68. The third-order valence-electron chi connectivity index (χ3n) is 4.79. The van der Waals surface area contributed by atoms with Gasteiger partial charge in [0.15, 0.2) is 6.54 Å². The van der Waals surface area contributed by atoms with Crippen molar-refractivity contribution in [3.8, 4) is 0 Å². The lowest BCUT2D eigenvalue weighted by molar-refractivity contribution is -0.885. The number of hydrogen-bond acceptors (Lipinski definition) is 2. The third kappa shape index (κ3) is 6.82. The number of amides is 2. The van der Waals surface area contributed by atoms with Crippen LogP contribution in [0, 0.1) is 0 Å². The van der Waals surface area contributed by atoms with Crippen LogP contribution >= 0.6 is 0 Å². The Balaban J connectivity index is 1.72. The molecule has 0 aliphatic heterocycles. The van der Waals surface area contributed by atoms with Gasteiger partial charge in [0.2, 0.25) is 0 Å². The van der Waals surface area contributed by atoms with Gasteiger partial charge in [-0.3, -0.25) is 9.59 Å². The van der Waals surface area contributed by atoms with E-state index in [0.29, 0.717) is 24.6 Å². The van der Waals surface area contributed by atoms with E-state index in [9.17, 15) is 9.59 Å². The van der Waals surface area contributed by atoms with Gasteiger partial charge in [0.1, 0.15) is 6.54 Å². The smallest absolute Gasteiger partial charge is 0.275 e. The van der Waals surface area contributed by atoms with Crippen molar-refractivity contribution < 1.29 is 14.5 Å².